The van der Waals surface area contributed by atoms with Gasteiger partial charge >= 0.3 is 5.97 Å². The Bertz CT molecular complexity index is 666. The van der Waals surface area contributed by atoms with Gasteiger partial charge in [0.05, 0.1) is 19.1 Å². The summed E-state index contributed by atoms with van der Waals surface area (Å²) in [5.74, 6) is 1.80. The molecule has 0 saturated carbocycles. The Labute approximate surface area is 146 Å². The van der Waals surface area contributed by atoms with Gasteiger partial charge in [-0.1, -0.05) is 23.4 Å². The zero-order valence-corrected chi connectivity index (χ0v) is 14.4. The Hall–Kier alpha value is -2.41. The second-order valence-electron chi connectivity index (χ2n) is 6.01. The van der Waals surface area contributed by atoms with Gasteiger partial charge in [0.25, 0.3) is 0 Å². The number of benzene rings is 1. The smallest absolute Gasteiger partial charge is 0.309 e. The third-order valence-corrected chi connectivity index (χ3v) is 4.19. The highest BCUT2D eigenvalue weighted by atomic mass is 16.5. The minimum Gasteiger partial charge on any atom is -0.485 e. The molecule has 1 aromatic heterocycles. The number of nitrogens with zero attached hydrogens (tertiary/aromatic N) is 3. The molecule has 0 bridgehead atoms. The quantitative estimate of drug-likeness (QED) is 0.713. The maximum atomic E-state index is 11.8. The summed E-state index contributed by atoms with van der Waals surface area (Å²) in [5.41, 5.74) is 0. The zero-order chi connectivity index (χ0) is 17.5. The molecule has 3 rings (SSSR count). The van der Waals surface area contributed by atoms with Crippen molar-refractivity contribution in [1.82, 2.24) is 15.0 Å². The van der Waals surface area contributed by atoms with Gasteiger partial charge < -0.3 is 14.0 Å². The lowest BCUT2D eigenvalue weighted by Crippen LogP contribution is -2.36. The average Bonchev–Trinajstić information content (AvgIpc) is 3.09. The van der Waals surface area contributed by atoms with Gasteiger partial charge in [0.15, 0.2) is 6.61 Å². The zero-order valence-electron chi connectivity index (χ0n) is 14.4. The molecule has 0 amide bonds. The van der Waals surface area contributed by atoms with E-state index in [4.69, 9.17) is 14.0 Å². The van der Waals surface area contributed by atoms with Crippen molar-refractivity contribution < 1.29 is 18.8 Å². The number of rotatable bonds is 7. The van der Waals surface area contributed by atoms with Crippen molar-refractivity contribution >= 4 is 5.97 Å². The Kier molecular flexibility index (Phi) is 6.00. The van der Waals surface area contributed by atoms with Gasteiger partial charge in [-0.05, 0) is 45.0 Å². The largest absolute Gasteiger partial charge is 0.485 e. The topological polar surface area (TPSA) is 77.7 Å². The van der Waals surface area contributed by atoms with Crippen LogP contribution in [0.15, 0.2) is 34.9 Å². The van der Waals surface area contributed by atoms with Gasteiger partial charge in [-0.25, -0.2) is 0 Å². The van der Waals surface area contributed by atoms with Crippen LogP contribution in [0.1, 0.15) is 31.5 Å². The van der Waals surface area contributed by atoms with Crippen LogP contribution in [-0.2, 0) is 22.7 Å². The summed E-state index contributed by atoms with van der Waals surface area (Å²) >= 11 is 0. The number of carbonyl (C=O) groups excluding carboxylic acids is 1. The molecule has 0 aliphatic carbocycles. The lowest BCUT2D eigenvalue weighted by molar-refractivity contribution is -0.149. The molecular formula is C18H23N3O4. The van der Waals surface area contributed by atoms with Gasteiger partial charge in [-0.2, -0.15) is 4.98 Å². The Morgan fingerprint density at radius 3 is 2.76 bits per heavy atom. The molecule has 1 aliphatic heterocycles. The molecule has 0 radical (unpaired) electrons. The van der Waals surface area contributed by atoms with E-state index >= 15 is 0 Å². The van der Waals surface area contributed by atoms with Crippen LogP contribution in [-0.4, -0.2) is 40.7 Å². The molecule has 0 unspecified atom stereocenters. The van der Waals surface area contributed by atoms with Crippen LogP contribution in [0.4, 0.5) is 0 Å². The third kappa shape index (κ3) is 5.03. The third-order valence-electron chi connectivity index (χ3n) is 4.19. The predicted octanol–water partition coefficient (Wildman–Crippen LogP) is 2.42. The van der Waals surface area contributed by atoms with Crippen LogP contribution in [0, 0.1) is 5.92 Å². The standard InChI is InChI=1S/C18H23N3O4/c1-2-23-18(22)14-8-10-21(11-9-14)12-17-19-16(20-25-17)13-24-15-6-4-3-5-7-15/h3-7,14H,2,8-13H2,1H3. The molecule has 134 valence electrons. The van der Waals surface area contributed by atoms with E-state index in [1.54, 1.807) is 0 Å². The van der Waals surface area contributed by atoms with Crippen molar-refractivity contribution in [2.24, 2.45) is 5.92 Å². The van der Waals surface area contributed by atoms with E-state index in [1.807, 2.05) is 37.3 Å². The molecule has 7 heteroatoms. The molecule has 1 fully saturated rings. The number of likely N-dealkylation sites (tertiary alicyclic amines) is 1. The minimum absolute atomic E-state index is 0.00807. The number of hydrogen-bond donors (Lipinski definition) is 0. The number of esters is 1. The number of carbonyl (C=O) groups is 1. The molecule has 25 heavy (non-hydrogen) atoms. The molecular weight excluding hydrogens is 322 g/mol. The Morgan fingerprint density at radius 1 is 1.28 bits per heavy atom. The lowest BCUT2D eigenvalue weighted by Gasteiger charge is -2.29. The minimum atomic E-state index is -0.0831. The monoisotopic (exact) mass is 345 g/mol. The van der Waals surface area contributed by atoms with E-state index in [2.05, 4.69) is 15.0 Å². The second kappa shape index (κ2) is 8.62. The molecule has 2 aromatic rings. The first kappa shape index (κ1) is 17.4. The van der Waals surface area contributed by atoms with Crippen LogP contribution < -0.4 is 4.74 Å². The van der Waals surface area contributed by atoms with E-state index < -0.39 is 0 Å². The van der Waals surface area contributed by atoms with Crippen molar-refractivity contribution in [3.63, 3.8) is 0 Å². The van der Waals surface area contributed by atoms with Crippen molar-refractivity contribution in [1.29, 1.82) is 0 Å². The van der Waals surface area contributed by atoms with Crippen LogP contribution in [0.5, 0.6) is 5.75 Å². The van der Waals surface area contributed by atoms with Crippen LogP contribution in [0.2, 0.25) is 0 Å². The maximum Gasteiger partial charge on any atom is 0.309 e. The van der Waals surface area contributed by atoms with Crippen LogP contribution in [0.25, 0.3) is 0 Å². The van der Waals surface area contributed by atoms with Gasteiger partial charge in [0.1, 0.15) is 5.75 Å². The van der Waals surface area contributed by atoms with Crippen molar-refractivity contribution in [3.05, 3.63) is 42.0 Å². The normalized spacial score (nSPS) is 15.9. The summed E-state index contributed by atoms with van der Waals surface area (Å²) in [6, 6.07) is 9.53. The number of hydrogen-bond acceptors (Lipinski definition) is 7. The highest BCUT2D eigenvalue weighted by molar-refractivity contribution is 5.72. The molecule has 2 heterocycles. The molecule has 0 N–H and O–H groups in total. The highest BCUT2D eigenvalue weighted by Gasteiger charge is 2.26. The average molecular weight is 345 g/mol. The number of ether oxygens (including phenoxy) is 2. The fourth-order valence-electron chi connectivity index (χ4n) is 2.86. The second-order valence-corrected chi connectivity index (χ2v) is 6.01. The van der Waals surface area contributed by atoms with E-state index in [-0.39, 0.29) is 18.5 Å². The summed E-state index contributed by atoms with van der Waals surface area (Å²) in [6.07, 6.45) is 1.61. The van der Waals surface area contributed by atoms with Gasteiger partial charge in [-0.15, -0.1) is 0 Å². The molecule has 1 aliphatic rings. The lowest BCUT2D eigenvalue weighted by atomic mass is 9.97. The van der Waals surface area contributed by atoms with Crippen molar-refractivity contribution in [2.45, 2.75) is 32.9 Å². The molecule has 0 atom stereocenters. The molecule has 1 saturated heterocycles. The summed E-state index contributed by atoms with van der Waals surface area (Å²) in [5, 5.41) is 3.95. The first-order valence-corrected chi connectivity index (χ1v) is 8.63. The van der Waals surface area contributed by atoms with Gasteiger partial charge in [-0.3, -0.25) is 9.69 Å². The van der Waals surface area contributed by atoms with E-state index in [0.717, 1.165) is 31.7 Å². The first-order chi connectivity index (χ1) is 12.2. The summed E-state index contributed by atoms with van der Waals surface area (Å²) in [6.45, 7) is 4.78. The first-order valence-electron chi connectivity index (χ1n) is 8.63. The van der Waals surface area contributed by atoms with E-state index in [1.165, 1.54) is 0 Å². The number of para-hydroxylation sites is 1. The Balaban J connectivity index is 1.44. The van der Waals surface area contributed by atoms with Crippen molar-refractivity contribution in [2.75, 3.05) is 19.7 Å². The predicted molar refractivity (Wildman–Crippen MR) is 89.7 cm³/mol. The molecule has 1 aromatic carbocycles. The SMILES string of the molecule is CCOC(=O)C1CCN(Cc2nc(COc3ccccc3)no2)CC1. The Morgan fingerprint density at radius 2 is 2.04 bits per heavy atom. The number of aromatic nitrogens is 2. The van der Waals surface area contributed by atoms with Gasteiger partial charge in [0, 0.05) is 0 Å². The van der Waals surface area contributed by atoms with Crippen LogP contribution >= 0.6 is 0 Å². The van der Waals surface area contributed by atoms with Crippen LogP contribution in [0.3, 0.4) is 0 Å². The van der Waals surface area contributed by atoms with E-state index in [9.17, 15) is 4.79 Å². The summed E-state index contributed by atoms with van der Waals surface area (Å²) < 4.78 is 16.0. The summed E-state index contributed by atoms with van der Waals surface area (Å²) in [7, 11) is 0. The molecule has 0 spiro atoms. The van der Waals surface area contributed by atoms with Gasteiger partial charge in [0.2, 0.25) is 11.7 Å². The number of piperidine rings is 1. The van der Waals surface area contributed by atoms with Crippen molar-refractivity contribution in [3.8, 4) is 5.75 Å². The summed E-state index contributed by atoms with van der Waals surface area (Å²) in [4.78, 5) is 18.3. The molecule has 7 nitrogen and oxygen atoms in total. The maximum absolute atomic E-state index is 11.8. The van der Waals surface area contributed by atoms with E-state index in [0.29, 0.717) is 24.9 Å². The highest BCUT2D eigenvalue weighted by Crippen LogP contribution is 2.20. The fourth-order valence-corrected chi connectivity index (χ4v) is 2.86. The fraction of sp³-hybridized carbons (Fsp3) is 0.500.